The van der Waals surface area contributed by atoms with Crippen molar-refractivity contribution < 1.29 is 37.4 Å². The first-order chi connectivity index (χ1) is 13.1. The molecule has 2 N–H and O–H groups in total. The molecule has 10 heteroatoms. The number of halogens is 3. The van der Waals surface area contributed by atoms with Gasteiger partial charge in [-0.05, 0) is 25.1 Å². The topological polar surface area (TPSA) is 95.9 Å². The monoisotopic (exact) mass is 400 g/mol. The van der Waals surface area contributed by atoms with Crippen LogP contribution < -0.4 is 5.32 Å². The number of benzene rings is 1. The third-order valence-electron chi connectivity index (χ3n) is 4.10. The van der Waals surface area contributed by atoms with Crippen LogP contribution in [0.4, 0.5) is 13.2 Å². The van der Waals surface area contributed by atoms with Gasteiger partial charge in [-0.15, -0.1) is 0 Å². The fraction of sp³-hybridized carbons (Fsp3) is 0.389. The fourth-order valence-corrected chi connectivity index (χ4v) is 2.64. The van der Waals surface area contributed by atoms with Crippen LogP contribution in [0, 0.1) is 0 Å². The van der Waals surface area contributed by atoms with Crippen molar-refractivity contribution in [1.82, 2.24) is 10.2 Å². The summed E-state index contributed by atoms with van der Waals surface area (Å²) in [5.41, 5.74) is -3.70. The predicted molar refractivity (Wildman–Crippen MR) is 90.6 cm³/mol. The summed E-state index contributed by atoms with van der Waals surface area (Å²) in [5, 5.41) is 12.4. The molecule has 0 spiro atoms. The van der Waals surface area contributed by atoms with E-state index in [4.69, 9.17) is 0 Å². The smallest absolute Gasteiger partial charge is 0.437 e. The maximum Gasteiger partial charge on any atom is 0.437 e. The average molecular weight is 400 g/mol. The van der Waals surface area contributed by atoms with Gasteiger partial charge in [0.1, 0.15) is 5.70 Å². The Morgan fingerprint density at radius 2 is 1.93 bits per heavy atom. The van der Waals surface area contributed by atoms with Crippen molar-refractivity contribution in [2.75, 3.05) is 13.2 Å². The molecule has 1 heterocycles. The molecule has 2 amide bonds. The number of alkyl halides is 3. The van der Waals surface area contributed by atoms with Gasteiger partial charge in [-0.3, -0.25) is 14.4 Å². The molecule has 1 aromatic rings. The van der Waals surface area contributed by atoms with Crippen LogP contribution >= 0.6 is 0 Å². The molecule has 1 atom stereocenters. The van der Waals surface area contributed by atoms with Crippen LogP contribution in [0.3, 0.4) is 0 Å². The number of carbonyl (C=O) groups excluding carboxylic acids is 3. The van der Waals surface area contributed by atoms with Crippen LogP contribution in [0.2, 0.25) is 0 Å². The van der Waals surface area contributed by atoms with Crippen molar-refractivity contribution >= 4 is 17.8 Å². The zero-order valence-electron chi connectivity index (χ0n) is 15.0. The molecule has 0 saturated carbocycles. The molecule has 1 aliphatic heterocycles. The van der Waals surface area contributed by atoms with E-state index in [-0.39, 0.29) is 17.1 Å². The SMILES string of the molecule is CCOC(=O)CCN1C(=O)C(NC(=O)c2ccccc2)=CCC1(O)C(F)(F)F. The Bertz CT molecular complexity index is 779. The average Bonchev–Trinajstić information content (AvgIpc) is 2.64. The summed E-state index contributed by atoms with van der Waals surface area (Å²) >= 11 is 0. The van der Waals surface area contributed by atoms with E-state index in [0.717, 1.165) is 6.08 Å². The molecule has 1 aliphatic rings. The van der Waals surface area contributed by atoms with Gasteiger partial charge in [0.15, 0.2) is 0 Å². The second-order valence-electron chi connectivity index (χ2n) is 5.97. The Morgan fingerprint density at radius 3 is 2.50 bits per heavy atom. The molecule has 152 valence electrons. The largest absolute Gasteiger partial charge is 0.466 e. The summed E-state index contributed by atoms with van der Waals surface area (Å²) in [7, 11) is 0. The van der Waals surface area contributed by atoms with Gasteiger partial charge < -0.3 is 20.1 Å². The van der Waals surface area contributed by atoms with Crippen molar-refractivity contribution in [2.24, 2.45) is 0 Å². The molecule has 0 aliphatic carbocycles. The van der Waals surface area contributed by atoms with Gasteiger partial charge >= 0.3 is 12.1 Å². The Hall–Kier alpha value is -2.88. The first-order valence-corrected chi connectivity index (χ1v) is 8.43. The number of nitrogens with one attached hydrogen (secondary N) is 1. The highest BCUT2D eigenvalue weighted by Gasteiger charge is 2.60. The van der Waals surface area contributed by atoms with Gasteiger partial charge in [0.2, 0.25) is 5.72 Å². The number of nitrogens with zero attached hydrogens (tertiary/aromatic N) is 1. The first-order valence-electron chi connectivity index (χ1n) is 8.43. The number of ether oxygens (including phenoxy) is 1. The summed E-state index contributed by atoms with van der Waals surface area (Å²) in [6.07, 6.45) is -5.88. The van der Waals surface area contributed by atoms with Gasteiger partial charge in [-0.2, -0.15) is 13.2 Å². The third-order valence-corrected chi connectivity index (χ3v) is 4.10. The maximum atomic E-state index is 13.4. The molecule has 0 saturated heterocycles. The van der Waals surface area contributed by atoms with Crippen LogP contribution in [0.15, 0.2) is 42.1 Å². The normalized spacial score (nSPS) is 19.8. The van der Waals surface area contributed by atoms with Crippen molar-refractivity contribution in [3.05, 3.63) is 47.7 Å². The van der Waals surface area contributed by atoms with Crippen molar-refractivity contribution in [3.63, 3.8) is 0 Å². The lowest BCUT2D eigenvalue weighted by Crippen LogP contribution is -2.64. The van der Waals surface area contributed by atoms with Crippen LogP contribution in [0.5, 0.6) is 0 Å². The Balaban J connectivity index is 2.24. The highest BCUT2D eigenvalue weighted by Crippen LogP contribution is 2.39. The molecule has 0 radical (unpaired) electrons. The number of amides is 2. The van der Waals surface area contributed by atoms with Gasteiger partial charge in [-0.1, -0.05) is 18.2 Å². The van der Waals surface area contributed by atoms with Crippen LogP contribution in [-0.4, -0.2) is 52.8 Å². The zero-order valence-corrected chi connectivity index (χ0v) is 15.0. The third kappa shape index (κ3) is 4.50. The molecule has 1 aromatic carbocycles. The summed E-state index contributed by atoms with van der Waals surface area (Å²) in [5.74, 6) is -2.76. The lowest BCUT2D eigenvalue weighted by atomic mass is 10.00. The second-order valence-corrected chi connectivity index (χ2v) is 5.97. The summed E-state index contributed by atoms with van der Waals surface area (Å²) in [6, 6.07) is 7.77. The van der Waals surface area contributed by atoms with E-state index in [0.29, 0.717) is 0 Å². The van der Waals surface area contributed by atoms with Crippen LogP contribution in [0.25, 0.3) is 0 Å². The van der Waals surface area contributed by atoms with Crippen molar-refractivity contribution in [1.29, 1.82) is 0 Å². The quantitative estimate of drug-likeness (QED) is 0.710. The molecule has 0 fully saturated rings. The highest BCUT2D eigenvalue weighted by molar-refractivity contribution is 6.03. The molecule has 1 unspecified atom stereocenters. The summed E-state index contributed by atoms with van der Waals surface area (Å²) < 4.78 is 44.8. The summed E-state index contributed by atoms with van der Waals surface area (Å²) in [6.45, 7) is 0.816. The number of esters is 1. The molecular formula is C18H19F3N2O5. The zero-order chi connectivity index (χ0) is 20.9. The standard InChI is InChI=1S/C18H19F3N2O5/c1-2-28-14(24)9-11-23-16(26)13(8-10-17(23,27)18(19,20)21)22-15(25)12-6-4-3-5-7-12/h3-8,27H,2,9-11H2,1H3,(H,22,25). The Labute approximate surface area is 158 Å². The summed E-state index contributed by atoms with van der Waals surface area (Å²) in [4.78, 5) is 36.4. The molecule has 28 heavy (non-hydrogen) atoms. The molecule has 0 bridgehead atoms. The lowest BCUT2D eigenvalue weighted by molar-refractivity contribution is -0.309. The van der Waals surface area contributed by atoms with Crippen molar-refractivity contribution in [2.45, 2.75) is 31.7 Å². The van der Waals surface area contributed by atoms with Crippen LogP contribution in [0.1, 0.15) is 30.1 Å². The minimum Gasteiger partial charge on any atom is -0.466 e. The minimum absolute atomic E-state index is 0.0224. The fourth-order valence-electron chi connectivity index (χ4n) is 2.64. The van der Waals surface area contributed by atoms with Gasteiger partial charge in [-0.25, -0.2) is 0 Å². The van der Waals surface area contributed by atoms with E-state index in [2.05, 4.69) is 10.1 Å². The predicted octanol–water partition coefficient (Wildman–Crippen LogP) is 1.74. The second kappa shape index (κ2) is 8.42. The Morgan fingerprint density at radius 1 is 1.29 bits per heavy atom. The van der Waals surface area contributed by atoms with Crippen molar-refractivity contribution in [3.8, 4) is 0 Å². The maximum absolute atomic E-state index is 13.4. The molecule has 7 nitrogen and oxygen atoms in total. The van der Waals surface area contributed by atoms with Crippen LogP contribution in [-0.2, 0) is 14.3 Å². The number of hydrogen-bond acceptors (Lipinski definition) is 5. The van der Waals surface area contributed by atoms with E-state index in [1.807, 2.05) is 0 Å². The number of hydrogen-bond donors (Lipinski definition) is 2. The molecule has 2 rings (SSSR count). The Kier molecular flexibility index (Phi) is 6.45. The van der Waals surface area contributed by atoms with E-state index >= 15 is 0 Å². The van der Waals surface area contributed by atoms with E-state index in [1.54, 1.807) is 18.2 Å². The highest BCUT2D eigenvalue weighted by atomic mass is 19.4. The van der Waals surface area contributed by atoms with Gasteiger partial charge in [0.05, 0.1) is 13.0 Å². The number of carbonyl (C=O) groups is 3. The lowest BCUT2D eigenvalue weighted by Gasteiger charge is -2.42. The van der Waals surface area contributed by atoms with E-state index in [9.17, 15) is 32.7 Å². The van der Waals surface area contributed by atoms with E-state index < -0.39 is 54.8 Å². The molecular weight excluding hydrogens is 381 g/mol. The van der Waals surface area contributed by atoms with Gasteiger partial charge in [0, 0.05) is 18.5 Å². The number of rotatable bonds is 6. The minimum atomic E-state index is -5.16. The first kappa shape index (κ1) is 21.4. The molecule has 0 aromatic heterocycles. The van der Waals surface area contributed by atoms with E-state index in [1.165, 1.54) is 19.1 Å². The van der Waals surface area contributed by atoms with Gasteiger partial charge in [0.25, 0.3) is 11.8 Å². The number of aliphatic hydroxyl groups is 1.